The Morgan fingerprint density at radius 2 is 1.72 bits per heavy atom. The normalized spacial score (nSPS) is 10.4. The van der Waals surface area contributed by atoms with E-state index in [4.69, 9.17) is 23.2 Å². The fourth-order valence-electron chi connectivity index (χ4n) is 1.51. The summed E-state index contributed by atoms with van der Waals surface area (Å²) in [6.07, 6.45) is 0. The van der Waals surface area contributed by atoms with Gasteiger partial charge < -0.3 is 5.32 Å². The van der Waals surface area contributed by atoms with Crippen LogP contribution in [-0.4, -0.2) is 0 Å². The van der Waals surface area contributed by atoms with Crippen LogP contribution >= 0.6 is 23.2 Å². The van der Waals surface area contributed by atoms with E-state index in [0.29, 0.717) is 11.6 Å². The summed E-state index contributed by atoms with van der Waals surface area (Å²) in [6, 6.07) is 8.75. The zero-order valence-corrected chi connectivity index (χ0v) is 10.7. The second-order valence-electron chi connectivity index (χ2n) is 3.70. The van der Waals surface area contributed by atoms with Crippen molar-refractivity contribution < 1.29 is 8.78 Å². The highest BCUT2D eigenvalue weighted by Gasteiger charge is 2.07. The van der Waals surface area contributed by atoms with Gasteiger partial charge in [0.05, 0.1) is 15.7 Å². The van der Waals surface area contributed by atoms with E-state index in [2.05, 4.69) is 5.32 Å². The average Bonchev–Trinajstić information content (AvgIpc) is 2.33. The molecule has 0 aromatic heterocycles. The molecule has 0 bridgehead atoms. The Morgan fingerprint density at radius 1 is 0.944 bits per heavy atom. The highest BCUT2D eigenvalue weighted by Crippen LogP contribution is 2.25. The molecular weight excluding hydrogens is 279 g/mol. The molecule has 0 saturated heterocycles. The lowest BCUT2D eigenvalue weighted by atomic mass is 10.2. The summed E-state index contributed by atoms with van der Waals surface area (Å²) in [4.78, 5) is 0. The van der Waals surface area contributed by atoms with E-state index in [1.165, 1.54) is 24.3 Å². The molecule has 0 fully saturated rings. The minimum absolute atomic E-state index is 0.0360. The summed E-state index contributed by atoms with van der Waals surface area (Å²) in [5.74, 6) is -0.917. The van der Waals surface area contributed by atoms with Crippen molar-refractivity contribution in [2.45, 2.75) is 6.54 Å². The molecule has 0 radical (unpaired) electrons. The lowest BCUT2D eigenvalue weighted by Crippen LogP contribution is -2.02. The number of rotatable bonds is 3. The number of halogens is 4. The van der Waals surface area contributed by atoms with Gasteiger partial charge >= 0.3 is 0 Å². The van der Waals surface area contributed by atoms with Crippen LogP contribution in [-0.2, 0) is 6.54 Å². The van der Waals surface area contributed by atoms with Gasteiger partial charge in [-0.3, -0.25) is 0 Å². The summed E-state index contributed by atoms with van der Waals surface area (Å²) in [7, 11) is 0. The Bertz CT molecular complexity index is 553. The quantitative estimate of drug-likeness (QED) is 0.848. The van der Waals surface area contributed by atoms with Crippen molar-refractivity contribution >= 4 is 28.9 Å². The molecule has 2 aromatic rings. The van der Waals surface area contributed by atoms with E-state index in [-0.39, 0.29) is 10.7 Å². The molecule has 0 heterocycles. The second kappa shape index (κ2) is 5.55. The molecule has 2 rings (SSSR count). The van der Waals surface area contributed by atoms with Gasteiger partial charge in [-0.15, -0.1) is 0 Å². The molecule has 0 spiro atoms. The van der Waals surface area contributed by atoms with Gasteiger partial charge in [0, 0.05) is 6.54 Å². The Hall–Kier alpha value is -1.32. The molecule has 0 aliphatic rings. The monoisotopic (exact) mass is 287 g/mol. The van der Waals surface area contributed by atoms with Crippen molar-refractivity contribution in [1.29, 1.82) is 0 Å². The third-order valence-electron chi connectivity index (χ3n) is 2.42. The number of nitrogens with one attached hydrogen (secondary N) is 1. The predicted octanol–water partition coefficient (Wildman–Crippen LogP) is 4.88. The maximum absolute atomic E-state index is 13.5. The first-order valence-electron chi connectivity index (χ1n) is 5.20. The molecule has 0 amide bonds. The highest BCUT2D eigenvalue weighted by atomic mass is 35.5. The van der Waals surface area contributed by atoms with E-state index in [0.717, 1.165) is 5.56 Å². The van der Waals surface area contributed by atoms with Crippen molar-refractivity contribution in [3.63, 3.8) is 0 Å². The third kappa shape index (κ3) is 2.92. The van der Waals surface area contributed by atoms with Crippen molar-refractivity contribution in [2.75, 3.05) is 5.32 Å². The Balaban J connectivity index is 2.14. The highest BCUT2D eigenvalue weighted by molar-refractivity contribution is 6.33. The number of hydrogen-bond donors (Lipinski definition) is 1. The van der Waals surface area contributed by atoms with Crippen LogP contribution in [0.3, 0.4) is 0 Å². The van der Waals surface area contributed by atoms with Gasteiger partial charge in [-0.25, -0.2) is 8.78 Å². The smallest absolute Gasteiger partial charge is 0.147 e. The van der Waals surface area contributed by atoms with Crippen LogP contribution in [0.1, 0.15) is 5.56 Å². The first-order valence-corrected chi connectivity index (χ1v) is 5.95. The topological polar surface area (TPSA) is 12.0 Å². The van der Waals surface area contributed by atoms with Crippen LogP contribution in [0.5, 0.6) is 0 Å². The second-order valence-corrected chi connectivity index (χ2v) is 4.51. The van der Waals surface area contributed by atoms with Crippen LogP contribution in [0.15, 0.2) is 36.4 Å². The third-order valence-corrected chi connectivity index (χ3v) is 3.02. The molecule has 5 heteroatoms. The van der Waals surface area contributed by atoms with E-state index < -0.39 is 11.6 Å². The SMILES string of the molecule is Fc1ccc(CNc2c(F)cccc2Cl)cc1Cl. The van der Waals surface area contributed by atoms with Crippen LogP contribution < -0.4 is 5.32 Å². The van der Waals surface area contributed by atoms with E-state index >= 15 is 0 Å². The standard InChI is InChI=1S/C13H9Cl2F2N/c14-9-2-1-3-12(17)13(9)18-7-8-4-5-11(16)10(15)6-8/h1-6,18H,7H2. The zero-order valence-electron chi connectivity index (χ0n) is 9.18. The minimum Gasteiger partial charge on any atom is -0.377 e. The van der Waals surface area contributed by atoms with Crippen molar-refractivity contribution in [1.82, 2.24) is 0 Å². The van der Waals surface area contributed by atoms with E-state index in [9.17, 15) is 8.78 Å². The molecule has 2 aromatic carbocycles. The molecule has 0 aliphatic heterocycles. The molecule has 94 valence electrons. The maximum Gasteiger partial charge on any atom is 0.147 e. The molecule has 1 N–H and O–H groups in total. The average molecular weight is 288 g/mol. The largest absolute Gasteiger partial charge is 0.377 e. The fourth-order valence-corrected chi connectivity index (χ4v) is 1.94. The zero-order chi connectivity index (χ0) is 13.1. The van der Waals surface area contributed by atoms with Crippen LogP contribution in [0.25, 0.3) is 0 Å². The molecule has 0 atom stereocenters. The molecule has 1 nitrogen and oxygen atoms in total. The summed E-state index contributed by atoms with van der Waals surface area (Å²) in [5, 5.41) is 3.19. The molecule has 18 heavy (non-hydrogen) atoms. The van der Waals surface area contributed by atoms with Crippen LogP contribution in [0.2, 0.25) is 10.0 Å². The molecule has 0 aliphatic carbocycles. The molecule has 0 saturated carbocycles. The first-order chi connectivity index (χ1) is 8.58. The first kappa shape index (κ1) is 13.1. The lowest BCUT2D eigenvalue weighted by Gasteiger charge is -2.09. The van der Waals surface area contributed by atoms with Gasteiger partial charge in [0.1, 0.15) is 11.6 Å². The number of para-hydroxylation sites is 1. The van der Waals surface area contributed by atoms with Gasteiger partial charge in [-0.2, -0.15) is 0 Å². The molecule has 0 unspecified atom stereocenters. The summed E-state index contributed by atoms with van der Waals surface area (Å²) < 4.78 is 26.4. The fraction of sp³-hybridized carbons (Fsp3) is 0.0769. The number of anilines is 1. The maximum atomic E-state index is 13.5. The molecular formula is C13H9Cl2F2N. The van der Waals surface area contributed by atoms with E-state index in [1.54, 1.807) is 12.1 Å². The summed E-state index contributed by atoms with van der Waals surface area (Å²) in [6.45, 7) is 0.306. The summed E-state index contributed by atoms with van der Waals surface area (Å²) in [5.41, 5.74) is 0.959. The van der Waals surface area contributed by atoms with Gasteiger partial charge in [0.15, 0.2) is 0 Å². The van der Waals surface area contributed by atoms with Gasteiger partial charge in [-0.1, -0.05) is 35.3 Å². The van der Waals surface area contributed by atoms with Crippen LogP contribution in [0.4, 0.5) is 14.5 Å². The Morgan fingerprint density at radius 3 is 2.39 bits per heavy atom. The van der Waals surface area contributed by atoms with Gasteiger partial charge in [-0.05, 0) is 29.8 Å². The summed E-state index contributed by atoms with van der Waals surface area (Å²) >= 11 is 11.5. The van der Waals surface area contributed by atoms with Crippen molar-refractivity contribution in [3.8, 4) is 0 Å². The Kier molecular flexibility index (Phi) is 4.04. The minimum atomic E-state index is -0.482. The van der Waals surface area contributed by atoms with E-state index in [1.807, 2.05) is 0 Å². The lowest BCUT2D eigenvalue weighted by molar-refractivity contribution is 0.626. The van der Waals surface area contributed by atoms with Gasteiger partial charge in [0.25, 0.3) is 0 Å². The van der Waals surface area contributed by atoms with Gasteiger partial charge in [0.2, 0.25) is 0 Å². The number of benzene rings is 2. The predicted molar refractivity (Wildman–Crippen MR) is 70.1 cm³/mol. The number of hydrogen-bond acceptors (Lipinski definition) is 1. The Labute approximate surface area is 113 Å². The van der Waals surface area contributed by atoms with Crippen LogP contribution in [0, 0.1) is 11.6 Å². The van der Waals surface area contributed by atoms with Crippen molar-refractivity contribution in [2.24, 2.45) is 0 Å². The van der Waals surface area contributed by atoms with Crippen molar-refractivity contribution in [3.05, 3.63) is 63.6 Å².